The third kappa shape index (κ3) is 2.72. The van der Waals surface area contributed by atoms with E-state index in [9.17, 15) is 10.1 Å². The lowest BCUT2D eigenvalue weighted by Gasteiger charge is -2.11. The monoisotopic (exact) mass is 295 g/mol. The van der Waals surface area contributed by atoms with Crippen molar-refractivity contribution in [3.8, 4) is 5.88 Å². The van der Waals surface area contributed by atoms with Crippen LogP contribution in [0, 0.1) is 10.1 Å². The van der Waals surface area contributed by atoms with Crippen LogP contribution in [0.25, 0.3) is 0 Å². The van der Waals surface area contributed by atoms with E-state index in [1.807, 2.05) is 0 Å². The molecule has 0 N–H and O–H groups in total. The second-order valence-corrected chi connectivity index (χ2v) is 4.64. The van der Waals surface area contributed by atoms with E-state index in [-0.39, 0.29) is 11.1 Å². The Labute approximate surface area is 120 Å². The van der Waals surface area contributed by atoms with Gasteiger partial charge in [0.2, 0.25) is 5.88 Å². The molecule has 2 rings (SSSR count). The summed E-state index contributed by atoms with van der Waals surface area (Å²) in [6.45, 7) is 0. The zero-order valence-corrected chi connectivity index (χ0v) is 11.8. The van der Waals surface area contributed by atoms with Gasteiger partial charge in [0.15, 0.2) is 5.82 Å². The molecule has 0 aromatic carbocycles. The molecule has 0 saturated carbocycles. The van der Waals surface area contributed by atoms with Crippen LogP contribution in [0.3, 0.4) is 0 Å². The van der Waals surface area contributed by atoms with Gasteiger partial charge in [-0.3, -0.25) is 4.98 Å². The number of ether oxygens (including phenoxy) is 1. The van der Waals surface area contributed by atoms with Gasteiger partial charge < -0.3 is 14.9 Å². The van der Waals surface area contributed by atoms with Crippen molar-refractivity contribution in [3.63, 3.8) is 0 Å². The number of thiol groups is 1. The average Bonchev–Trinajstić information content (AvgIpc) is 2.80. The van der Waals surface area contributed by atoms with E-state index in [1.165, 1.54) is 24.1 Å². The van der Waals surface area contributed by atoms with Crippen LogP contribution in [-0.4, -0.2) is 31.6 Å². The maximum absolute atomic E-state index is 10.8. The Kier molecular flexibility index (Phi) is 4.18. The summed E-state index contributed by atoms with van der Waals surface area (Å²) in [6, 6.07) is 0. The first-order valence-electron chi connectivity index (χ1n) is 5.72. The van der Waals surface area contributed by atoms with Gasteiger partial charge in [-0.25, -0.2) is 14.5 Å². The average molecular weight is 295 g/mol. The normalized spacial score (nSPS) is 12.2. The number of aromatic nitrogens is 4. The highest BCUT2D eigenvalue weighted by Gasteiger charge is 2.22. The fourth-order valence-corrected chi connectivity index (χ4v) is 2.13. The van der Waals surface area contributed by atoms with Gasteiger partial charge in [-0.05, 0) is 4.92 Å². The van der Waals surface area contributed by atoms with Gasteiger partial charge in [0.25, 0.3) is 0 Å². The number of hydrogen-bond donors (Lipinski definition) is 1. The molecule has 0 aliphatic carbocycles. The van der Waals surface area contributed by atoms with Gasteiger partial charge in [-0.2, -0.15) is 12.6 Å². The van der Waals surface area contributed by atoms with Crippen LogP contribution in [0.5, 0.6) is 5.88 Å². The molecule has 106 valence electrons. The Hall–Kier alpha value is -2.16. The molecule has 0 saturated heterocycles. The van der Waals surface area contributed by atoms with Crippen molar-refractivity contribution < 1.29 is 9.66 Å². The van der Waals surface area contributed by atoms with Crippen molar-refractivity contribution in [2.75, 3.05) is 7.11 Å². The van der Waals surface area contributed by atoms with Gasteiger partial charge in [0.05, 0.1) is 19.4 Å². The Bertz CT molecular complexity index is 630. The van der Waals surface area contributed by atoms with Crippen molar-refractivity contribution in [3.05, 3.63) is 40.2 Å². The number of nitrogens with zero attached hydrogens (tertiary/aromatic N) is 5. The highest BCUT2D eigenvalue weighted by molar-refractivity contribution is 7.80. The zero-order valence-electron chi connectivity index (χ0n) is 10.9. The number of nitro groups is 1. The molecule has 8 nitrogen and oxygen atoms in total. The topological polar surface area (TPSA) is 96.0 Å². The van der Waals surface area contributed by atoms with Crippen molar-refractivity contribution in [1.29, 1.82) is 0 Å². The third-order valence-electron chi connectivity index (χ3n) is 2.82. The molecular weight excluding hydrogens is 282 g/mol. The van der Waals surface area contributed by atoms with Crippen LogP contribution >= 0.6 is 12.6 Å². The molecule has 9 heteroatoms. The summed E-state index contributed by atoms with van der Waals surface area (Å²) >= 11 is 4.46. The molecule has 1 unspecified atom stereocenters. The molecule has 2 aromatic heterocycles. The van der Waals surface area contributed by atoms with Crippen molar-refractivity contribution in [2.24, 2.45) is 7.05 Å². The van der Waals surface area contributed by atoms with Gasteiger partial charge in [-0.1, -0.05) is 0 Å². The van der Waals surface area contributed by atoms with Gasteiger partial charge in [-0.15, -0.1) is 0 Å². The largest absolute Gasteiger partial charge is 0.480 e. The van der Waals surface area contributed by atoms with Crippen molar-refractivity contribution >= 4 is 18.4 Å². The first-order valence-corrected chi connectivity index (χ1v) is 6.24. The first-order chi connectivity index (χ1) is 9.54. The Morgan fingerprint density at radius 1 is 1.45 bits per heavy atom. The van der Waals surface area contributed by atoms with E-state index in [0.29, 0.717) is 23.8 Å². The Morgan fingerprint density at radius 3 is 2.75 bits per heavy atom. The molecule has 0 amide bonds. The van der Waals surface area contributed by atoms with E-state index in [1.54, 1.807) is 13.2 Å². The van der Waals surface area contributed by atoms with E-state index in [2.05, 4.69) is 27.6 Å². The molecule has 1 atom stereocenters. The predicted molar refractivity (Wildman–Crippen MR) is 73.9 cm³/mol. The fourth-order valence-electron chi connectivity index (χ4n) is 1.79. The zero-order chi connectivity index (χ0) is 14.7. The van der Waals surface area contributed by atoms with Gasteiger partial charge in [0.1, 0.15) is 11.9 Å². The maximum atomic E-state index is 10.8. The maximum Gasteiger partial charge on any atom is 0.342 e. The van der Waals surface area contributed by atoms with Crippen molar-refractivity contribution in [2.45, 2.75) is 11.7 Å². The highest BCUT2D eigenvalue weighted by atomic mass is 32.1. The lowest BCUT2D eigenvalue weighted by Crippen LogP contribution is -2.08. The van der Waals surface area contributed by atoms with Crippen LogP contribution in [0.1, 0.15) is 16.8 Å². The van der Waals surface area contributed by atoms with Crippen LogP contribution in [0.4, 0.5) is 5.82 Å². The summed E-state index contributed by atoms with van der Waals surface area (Å²) in [5.74, 6) is 0.868. The smallest absolute Gasteiger partial charge is 0.342 e. The quantitative estimate of drug-likeness (QED) is 0.508. The molecule has 0 fully saturated rings. The number of rotatable bonds is 5. The summed E-state index contributed by atoms with van der Waals surface area (Å²) in [5.41, 5.74) is 0.573. The lowest BCUT2D eigenvalue weighted by molar-refractivity contribution is -0.391. The summed E-state index contributed by atoms with van der Waals surface area (Å²) in [5, 5.41) is 10.5. The number of hydrogen-bond acceptors (Lipinski definition) is 7. The summed E-state index contributed by atoms with van der Waals surface area (Å²) in [7, 11) is 3.09. The molecule has 0 radical (unpaired) electrons. The number of imidazole rings is 1. The standard InChI is InChI=1S/C11H13N5O3S/c1-15-8(14-6-9(15)16(17)18)5-7(20)10-11(19-2)13-4-3-12-10/h3-4,6-7,20H,5H2,1-2H3. The second-order valence-electron chi connectivity index (χ2n) is 4.02. The molecule has 0 aliphatic heterocycles. The molecule has 2 aromatic rings. The minimum atomic E-state index is -0.479. The Morgan fingerprint density at radius 2 is 2.15 bits per heavy atom. The molecule has 20 heavy (non-hydrogen) atoms. The highest BCUT2D eigenvalue weighted by Crippen LogP contribution is 2.28. The lowest BCUT2D eigenvalue weighted by atomic mass is 10.2. The molecule has 0 bridgehead atoms. The molecule has 0 aliphatic rings. The Balaban J connectivity index is 2.23. The second kappa shape index (κ2) is 5.87. The van der Waals surface area contributed by atoms with E-state index < -0.39 is 4.92 Å². The van der Waals surface area contributed by atoms with Gasteiger partial charge >= 0.3 is 5.82 Å². The van der Waals surface area contributed by atoms with E-state index in [0.717, 1.165) is 0 Å². The predicted octanol–water partition coefficient (Wildman–Crippen LogP) is 1.34. The molecule has 0 spiro atoms. The minimum Gasteiger partial charge on any atom is -0.480 e. The summed E-state index contributed by atoms with van der Waals surface area (Å²) in [4.78, 5) is 22.6. The first kappa shape index (κ1) is 14.3. The SMILES string of the molecule is COc1nccnc1C(S)Cc1ncc([N+](=O)[O-])n1C. The van der Waals surface area contributed by atoms with Gasteiger partial charge in [0, 0.05) is 18.8 Å². The van der Waals surface area contributed by atoms with E-state index in [4.69, 9.17) is 4.74 Å². The van der Waals surface area contributed by atoms with Crippen LogP contribution < -0.4 is 4.74 Å². The van der Waals surface area contributed by atoms with Crippen LogP contribution in [0.2, 0.25) is 0 Å². The van der Waals surface area contributed by atoms with Crippen LogP contribution in [-0.2, 0) is 13.5 Å². The number of methoxy groups -OCH3 is 1. The minimum absolute atomic E-state index is 0.0633. The van der Waals surface area contributed by atoms with Crippen LogP contribution in [0.15, 0.2) is 18.6 Å². The van der Waals surface area contributed by atoms with Crippen molar-refractivity contribution in [1.82, 2.24) is 19.5 Å². The molecule has 2 heterocycles. The fraction of sp³-hybridized carbons (Fsp3) is 0.364. The molecular formula is C11H13N5O3S. The third-order valence-corrected chi connectivity index (χ3v) is 3.25. The summed E-state index contributed by atoms with van der Waals surface area (Å²) in [6.07, 6.45) is 4.67. The van der Waals surface area contributed by atoms with E-state index >= 15 is 0 Å². The summed E-state index contributed by atoms with van der Waals surface area (Å²) < 4.78 is 6.54.